The molecule has 1 aliphatic heterocycles. The van der Waals surface area contributed by atoms with Crippen molar-refractivity contribution in [3.63, 3.8) is 0 Å². The average Bonchev–Trinajstić information content (AvgIpc) is 3.11. The van der Waals surface area contributed by atoms with Crippen molar-refractivity contribution in [2.45, 2.75) is 13.0 Å². The lowest BCUT2D eigenvalue weighted by Crippen LogP contribution is -2.27. The quantitative estimate of drug-likeness (QED) is 0.146. The zero-order valence-electron chi connectivity index (χ0n) is 18.7. The van der Waals surface area contributed by atoms with E-state index in [9.17, 15) is 4.79 Å². The summed E-state index contributed by atoms with van der Waals surface area (Å²) >= 11 is 6.78. The van der Waals surface area contributed by atoms with Crippen LogP contribution >= 0.6 is 24.0 Å². The Hall–Kier alpha value is -3.35. The predicted molar refractivity (Wildman–Crippen MR) is 143 cm³/mol. The van der Waals surface area contributed by atoms with Crippen LogP contribution in [0.1, 0.15) is 16.7 Å². The molecular formula is C28H25NO3S2. The molecule has 1 fully saturated rings. The van der Waals surface area contributed by atoms with E-state index in [1.54, 1.807) is 4.90 Å². The van der Waals surface area contributed by atoms with Crippen LogP contribution in [0.15, 0.2) is 96.4 Å². The second-order valence-electron chi connectivity index (χ2n) is 7.62. The number of para-hydroxylation sites is 1. The van der Waals surface area contributed by atoms with Gasteiger partial charge in [0, 0.05) is 0 Å². The summed E-state index contributed by atoms with van der Waals surface area (Å²) in [6, 6.07) is 25.4. The van der Waals surface area contributed by atoms with E-state index in [4.69, 9.17) is 21.7 Å². The number of carbonyl (C=O) groups is 1. The minimum absolute atomic E-state index is 0.0724. The average molecular weight is 488 g/mol. The molecular weight excluding hydrogens is 462 g/mol. The minimum atomic E-state index is -0.0724. The summed E-state index contributed by atoms with van der Waals surface area (Å²) < 4.78 is 12.3. The van der Waals surface area contributed by atoms with Gasteiger partial charge in [0.25, 0.3) is 5.91 Å². The summed E-state index contributed by atoms with van der Waals surface area (Å²) in [6.07, 6.45) is 4.48. The van der Waals surface area contributed by atoms with E-state index in [-0.39, 0.29) is 5.91 Å². The van der Waals surface area contributed by atoms with Crippen LogP contribution in [0.3, 0.4) is 0 Å². The maximum Gasteiger partial charge on any atom is 0.266 e. The normalized spacial score (nSPS) is 14.5. The first kappa shape index (κ1) is 23.8. The molecule has 4 nitrogen and oxygen atoms in total. The highest BCUT2D eigenvalue weighted by atomic mass is 32.2. The van der Waals surface area contributed by atoms with Gasteiger partial charge in [0.2, 0.25) is 0 Å². The molecule has 0 bridgehead atoms. The molecule has 0 spiro atoms. The van der Waals surface area contributed by atoms with Crippen molar-refractivity contribution >= 4 is 40.3 Å². The van der Waals surface area contributed by atoms with Gasteiger partial charge in [0.15, 0.2) is 0 Å². The monoisotopic (exact) mass is 487 g/mol. The first-order valence-corrected chi connectivity index (χ1v) is 12.2. The second kappa shape index (κ2) is 11.7. The molecule has 0 radical (unpaired) electrons. The lowest BCUT2D eigenvalue weighted by molar-refractivity contribution is -0.122. The van der Waals surface area contributed by atoms with Gasteiger partial charge in [-0.05, 0) is 47.4 Å². The van der Waals surface area contributed by atoms with E-state index in [1.807, 2.05) is 91.0 Å². The van der Waals surface area contributed by atoms with Gasteiger partial charge in [0.1, 0.15) is 29.0 Å². The summed E-state index contributed by atoms with van der Waals surface area (Å²) in [4.78, 5) is 15.2. The van der Waals surface area contributed by atoms with Crippen molar-refractivity contribution in [3.8, 4) is 11.5 Å². The molecule has 3 aromatic rings. The molecule has 6 heteroatoms. The highest BCUT2D eigenvalue weighted by molar-refractivity contribution is 8.26. The predicted octanol–water partition coefficient (Wildman–Crippen LogP) is 6.27. The number of benzene rings is 3. The van der Waals surface area contributed by atoms with Crippen molar-refractivity contribution < 1.29 is 14.3 Å². The van der Waals surface area contributed by atoms with E-state index in [1.165, 1.54) is 11.8 Å². The molecule has 1 aliphatic rings. The van der Waals surface area contributed by atoms with Gasteiger partial charge in [-0.15, -0.1) is 6.58 Å². The van der Waals surface area contributed by atoms with Crippen LogP contribution < -0.4 is 9.47 Å². The highest BCUT2D eigenvalue weighted by Crippen LogP contribution is 2.34. The molecule has 3 aromatic carbocycles. The number of hydrogen-bond donors (Lipinski definition) is 0. The van der Waals surface area contributed by atoms with Crippen LogP contribution in [0, 0.1) is 0 Å². The summed E-state index contributed by atoms with van der Waals surface area (Å²) in [7, 11) is 0. The number of thioether (sulfide) groups is 1. The van der Waals surface area contributed by atoms with Crippen LogP contribution in [-0.4, -0.2) is 28.3 Å². The highest BCUT2D eigenvalue weighted by Gasteiger charge is 2.31. The third-order valence-electron chi connectivity index (χ3n) is 5.16. The SMILES string of the molecule is C=CCc1ccccc1OCCOc1cccc(C=C2SC(=S)N(Cc3ccccc3)C2=O)c1. The molecule has 1 heterocycles. The molecule has 1 amide bonds. The van der Waals surface area contributed by atoms with Gasteiger partial charge >= 0.3 is 0 Å². The van der Waals surface area contributed by atoms with E-state index in [2.05, 4.69) is 6.58 Å². The van der Waals surface area contributed by atoms with Crippen LogP contribution in [0.2, 0.25) is 0 Å². The lowest BCUT2D eigenvalue weighted by Gasteiger charge is -2.14. The van der Waals surface area contributed by atoms with Crippen LogP contribution in [-0.2, 0) is 17.8 Å². The van der Waals surface area contributed by atoms with Crippen molar-refractivity contribution in [2.75, 3.05) is 13.2 Å². The van der Waals surface area contributed by atoms with E-state index < -0.39 is 0 Å². The summed E-state index contributed by atoms with van der Waals surface area (Å²) in [5, 5.41) is 0. The number of ether oxygens (including phenoxy) is 2. The molecule has 4 rings (SSSR count). The zero-order valence-corrected chi connectivity index (χ0v) is 20.3. The van der Waals surface area contributed by atoms with E-state index >= 15 is 0 Å². The third kappa shape index (κ3) is 6.16. The molecule has 0 aromatic heterocycles. The first-order chi connectivity index (χ1) is 16.6. The van der Waals surface area contributed by atoms with Gasteiger partial charge in [-0.1, -0.05) is 90.7 Å². The van der Waals surface area contributed by atoms with Crippen molar-refractivity contribution in [1.29, 1.82) is 0 Å². The zero-order chi connectivity index (χ0) is 23.8. The Morgan fingerprint density at radius 1 is 0.941 bits per heavy atom. The first-order valence-electron chi connectivity index (χ1n) is 11.0. The number of hydrogen-bond acceptors (Lipinski definition) is 5. The number of amides is 1. The number of thiocarbonyl (C=S) groups is 1. The van der Waals surface area contributed by atoms with Crippen LogP contribution in [0.5, 0.6) is 11.5 Å². The Bertz CT molecular complexity index is 1210. The standard InChI is InChI=1S/C28H25NO3S2/c1-2-9-23-13-6-7-15-25(23)32-17-16-31-24-14-8-12-22(18-24)19-26-27(30)29(28(33)34-26)20-21-10-4-3-5-11-21/h2-8,10-15,18-19H,1,9,16-17,20H2. The van der Waals surface area contributed by atoms with E-state index in [0.717, 1.165) is 34.6 Å². The molecule has 0 N–H and O–H groups in total. The van der Waals surface area contributed by atoms with Crippen LogP contribution in [0.4, 0.5) is 0 Å². The Labute approximate surface area is 209 Å². The number of rotatable bonds is 10. The summed E-state index contributed by atoms with van der Waals surface area (Å²) in [5.74, 6) is 1.49. The fourth-order valence-corrected chi connectivity index (χ4v) is 4.78. The minimum Gasteiger partial charge on any atom is -0.490 e. The summed E-state index contributed by atoms with van der Waals surface area (Å²) in [6.45, 7) is 5.10. The van der Waals surface area contributed by atoms with Gasteiger partial charge in [-0.25, -0.2) is 0 Å². The Morgan fingerprint density at radius 3 is 2.53 bits per heavy atom. The largest absolute Gasteiger partial charge is 0.490 e. The molecule has 0 atom stereocenters. The topological polar surface area (TPSA) is 38.8 Å². The van der Waals surface area contributed by atoms with Crippen molar-refractivity contribution in [3.05, 3.63) is 113 Å². The Morgan fingerprint density at radius 2 is 1.71 bits per heavy atom. The fraction of sp³-hybridized carbons (Fsp3) is 0.143. The molecule has 0 saturated carbocycles. The maximum absolute atomic E-state index is 12.9. The van der Waals surface area contributed by atoms with Gasteiger partial charge in [-0.3, -0.25) is 9.69 Å². The lowest BCUT2D eigenvalue weighted by atomic mass is 10.1. The van der Waals surface area contributed by atoms with Crippen molar-refractivity contribution in [2.24, 2.45) is 0 Å². The summed E-state index contributed by atoms with van der Waals surface area (Å²) in [5.41, 5.74) is 3.03. The van der Waals surface area contributed by atoms with Gasteiger partial charge < -0.3 is 9.47 Å². The molecule has 0 aliphatic carbocycles. The van der Waals surface area contributed by atoms with E-state index in [0.29, 0.717) is 29.0 Å². The Balaban J connectivity index is 1.35. The van der Waals surface area contributed by atoms with Crippen molar-refractivity contribution in [1.82, 2.24) is 4.90 Å². The molecule has 172 valence electrons. The fourth-order valence-electron chi connectivity index (χ4n) is 3.53. The number of carbonyl (C=O) groups excluding carboxylic acids is 1. The molecule has 0 unspecified atom stereocenters. The van der Waals surface area contributed by atoms with Gasteiger partial charge in [0.05, 0.1) is 11.4 Å². The number of nitrogens with zero attached hydrogens (tertiary/aromatic N) is 1. The molecule has 1 saturated heterocycles. The maximum atomic E-state index is 12.9. The molecule has 34 heavy (non-hydrogen) atoms. The third-order valence-corrected chi connectivity index (χ3v) is 6.54. The smallest absolute Gasteiger partial charge is 0.266 e. The number of allylic oxidation sites excluding steroid dienone is 1. The second-order valence-corrected chi connectivity index (χ2v) is 9.30. The Kier molecular flexibility index (Phi) is 8.17. The van der Waals surface area contributed by atoms with Gasteiger partial charge in [-0.2, -0.15) is 0 Å². The van der Waals surface area contributed by atoms with Crippen LogP contribution in [0.25, 0.3) is 6.08 Å².